The van der Waals surface area contributed by atoms with E-state index >= 15 is 0 Å². The molecule has 0 saturated carbocycles. The van der Waals surface area contributed by atoms with Gasteiger partial charge in [-0.05, 0) is 48.7 Å². The number of hydrogen-bond donors (Lipinski definition) is 1. The van der Waals surface area contributed by atoms with Crippen molar-refractivity contribution in [2.24, 2.45) is 0 Å². The average Bonchev–Trinajstić information content (AvgIpc) is 2.83. The number of phenolic OH excluding ortho intramolecular Hbond substituents is 1. The van der Waals surface area contributed by atoms with Crippen LogP contribution < -0.4 is 11.2 Å². The van der Waals surface area contributed by atoms with Gasteiger partial charge < -0.3 is 9.84 Å². The van der Waals surface area contributed by atoms with Crippen LogP contribution in [-0.4, -0.2) is 26.8 Å². The summed E-state index contributed by atoms with van der Waals surface area (Å²) in [6.45, 7) is 2.44. The zero-order valence-electron chi connectivity index (χ0n) is 18.2. The molecule has 0 aliphatic carbocycles. The summed E-state index contributed by atoms with van der Waals surface area (Å²) in [5.74, 6) is -0.444. The number of hydrogen-bond acceptors (Lipinski definition) is 5. The SMILES string of the molecule is CCOC(=O)c1ccc(Cn2c(=O)n(CCc3ccccc3)c(=O)c3ccc(O)cc32)cc1. The van der Waals surface area contributed by atoms with Crippen molar-refractivity contribution in [1.29, 1.82) is 0 Å². The van der Waals surface area contributed by atoms with E-state index in [0.29, 0.717) is 22.9 Å². The normalized spacial score (nSPS) is 10.9. The minimum Gasteiger partial charge on any atom is -0.508 e. The molecule has 1 N–H and O–H groups in total. The minimum atomic E-state index is -0.455. The van der Waals surface area contributed by atoms with Crippen LogP contribution >= 0.6 is 0 Å². The maximum atomic E-state index is 13.4. The smallest absolute Gasteiger partial charge is 0.338 e. The van der Waals surface area contributed by atoms with Crippen LogP contribution in [0, 0.1) is 0 Å². The maximum Gasteiger partial charge on any atom is 0.338 e. The summed E-state index contributed by atoms with van der Waals surface area (Å²) in [4.78, 5) is 38.4. The van der Waals surface area contributed by atoms with Gasteiger partial charge in [-0.3, -0.25) is 13.9 Å². The molecule has 4 aromatic rings. The standard InChI is InChI=1S/C26H24N2O5/c1-2-33-25(31)20-10-8-19(9-11-20)17-28-23-16-21(29)12-13-22(23)24(30)27(26(28)32)15-14-18-6-4-3-5-7-18/h3-13,16,29H,2,14-15,17H2,1H3. The largest absolute Gasteiger partial charge is 0.508 e. The Hall–Kier alpha value is -4.13. The van der Waals surface area contributed by atoms with Gasteiger partial charge in [0.15, 0.2) is 0 Å². The number of carbonyl (C=O) groups excluding carboxylic acids is 1. The number of carbonyl (C=O) groups is 1. The molecule has 1 aromatic heterocycles. The van der Waals surface area contributed by atoms with E-state index < -0.39 is 11.7 Å². The lowest BCUT2D eigenvalue weighted by Crippen LogP contribution is -2.40. The van der Waals surface area contributed by atoms with Crippen LogP contribution in [0.15, 0.2) is 82.4 Å². The van der Waals surface area contributed by atoms with Crippen molar-refractivity contribution in [2.45, 2.75) is 26.4 Å². The quantitative estimate of drug-likeness (QED) is 0.442. The fraction of sp³-hybridized carbons (Fsp3) is 0.192. The first-order chi connectivity index (χ1) is 16.0. The number of ether oxygens (including phenoxy) is 1. The number of benzene rings is 3. The molecule has 0 aliphatic heterocycles. The molecule has 0 amide bonds. The average molecular weight is 444 g/mol. The minimum absolute atomic E-state index is 0.0326. The summed E-state index contributed by atoms with van der Waals surface area (Å²) in [6.07, 6.45) is 0.536. The Morgan fingerprint density at radius 2 is 1.64 bits per heavy atom. The molecular weight excluding hydrogens is 420 g/mol. The molecule has 1 heterocycles. The molecule has 0 aliphatic rings. The number of aromatic hydroxyl groups is 1. The van der Waals surface area contributed by atoms with Crippen LogP contribution in [0.5, 0.6) is 5.75 Å². The van der Waals surface area contributed by atoms with E-state index in [9.17, 15) is 19.5 Å². The molecule has 0 unspecified atom stereocenters. The van der Waals surface area contributed by atoms with Gasteiger partial charge in [0.2, 0.25) is 0 Å². The first-order valence-electron chi connectivity index (χ1n) is 10.7. The first kappa shape index (κ1) is 22.1. The lowest BCUT2D eigenvalue weighted by molar-refractivity contribution is 0.0526. The van der Waals surface area contributed by atoms with E-state index in [1.165, 1.54) is 27.3 Å². The zero-order valence-corrected chi connectivity index (χ0v) is 18.2. The molecule has 4 rings (SSSR count). The number of esters is 1. The van der Waals surface area contributed by atoms with E-state index in [4.69, 9.17) is 4.74 Å². The van der Waals surface area contributed by atoms with E-state index in [-0.39, 0.29) is 31.0 Å². The van der Waals surface area contributed by atoms with Crippen LogP contribution in [0.4, 0.5) is 0 Å². The van der Waals surface area contributed by atoms with Crippen molar-refractivity contribution in [3.63, 3.8) is 0 Å². The van der Waals surface area contributed by atoms with E-state index in [1.54, 1.807) is 31.2 Å². The topological polar surface area (TPSA) is 90.5 Å². The lowest BCUT2D eigenvalue weighted by atomic mass is 10.1. The van der Waals surface area contributed by atoms with Crippen LogP contribution in [0.3, 0.4) is 0 Å². The van der Waals surface area contributed by atoms with Crippen molar-refractivity contribution in [3.8, 4) is 5.75 Å². The third kappa shape index (κ3) is 4.72. The van der Waals surface area contributed by atoms with Crippen LogP contribution in [-0.2, 0) is 24.2 Å². The summed E-state index contributed by atoms with van der Waals surface area (Å²) in [5.41, 5.74) is 1.72. The van der Waals surface area contributed by atoms with Gasteiger partial charge in [-0.1, -0.05) is 42.5 Å². The van der Waals surface area contributed by atoms with E-state index in [1.807, 2.05) is 30.3 Å². The van der Waals surface area contributed by atoms with Gasteiger partial charge in [-0.2, -0.15) is 0 Å². The first-order valence-corrected chi connectivity index (χ1v) is 10.7. The summed E-state index contributed by atoms with van der Waals surface area (Å²) in [6, 6.07) is 20.8. The number of nitrogens with zero attached hydrogens (tertiary/aromatic N) is 2. The van der Waals surface area contributed by atoms with Gasteiger partial charge in [-0.25, -0.2) is 9.59 Å². The number of aryl methyl sites for hydroxylation is 1. The number of rotatable bonds is 7. The highest BCUT2D eigenvalue weighted by atomic mass is 16.5. The highest BCUT2D eigenvalue weighted by Gasteiger charge is 2.15. The number of aromatic nitrogens is 2. The van der Waals surface area contributed by atoms with E-state index in [0.717, 1.165) is 11.1 Å². The van der Waals surface area contributed by atoms with Gasteiger partial charge in [0.05, 0.1) is 29.6 Å². The summed E-state index contributed by atoms with van der Waals surface area (Å²) in [5, 5.41) is 10.3. The summed E-state index contributed by atoms with van der Waals surface area (Å²) < 4.78 is 7.72. The number of fused-ring (bicyclic) bond motifs is 1. The van der Waals surface area contributed by atoms with Crippen molar-refractivity contribution in [1.82, 2.24) is 9.13 Å². The predicted molar refractivity (Wildman–Crippen MR) is 126 cm³/mol. The Bertz CT molecular complexity index is 1400. The second-order valence-corrected chi connectivity index (χ2v) is 7.68. The fourth-order valence-electron chi connectivity index (χ4n) is 3.78. The highest BCUT2D eigenvalue weighted by molar-refractivity contribution is 5.89. The predicted octanol–water partition coefficient (Wildman–Crippen LogP) is 3.34. The Balaban J connectivity index is 1.74. The van der Waals surface area contributed by atoms with Gasteiger partial charge in [0.25, 0.3) is 5.56 Å². The Kier molecular flexibility index (Phi) is 6.40. The zero-order chi connectivity index (χ0) is 23.4. The molecule has 7 heteroatoms. The second-order valence-electron chi connectivity index (χ2n) is 7.68. The Morgan fingerprint density at radius 1 is 0.909 bits per heavy atom. The molecule has 0 spiro atoms. The lowest BCUT2D eigenvalue weighted by Gasteiger charge is -2.15. The molecule has 0 saturated heterocycles. The molecule has 33 heavy (non-hydrogen) atoms. The van der Waals surface area contributed by atoms with Crippen molar-refractivity contribution in [2.75, 3.05) is 6.61 Å². The van der Waals surface area contributed by atoms with Gasteiger partial charge in [-0.15, -0.1) is 0 Å². The Labute approximate surface area is 190 Å². The van der Waals surface area contributed by atoms with Crippen molar-refractivity contribution in [3.05, 3.63) is 110 Å². The van der Waals surface area contributed by atoms with Crippen LogP contribution in [0.2, 0.25) is 0 Å². The molecule has 0 bridgehead atoms. The van der Waals surface area contributed by atoms with Crippen molar-refractivity contribution >= 4 is 16.9 Å². The summed E-state index contributed by atoms with van der Waals surface area (Å²) >= 11 is 0. The van der Waals surface area contributed by atoms with Crippen LogP contribution in [0.25, 0.3) is 10.9 Å². The highest BCUT2D eigenvalue weighted by Crippen LogP contribution is 2.18. The molecule has 0 atom stereocenters. The molecule has 0 radical (unpaired) electrons. The molecule has 7 nitrogen and oxygen atoms in total. The Morgan fingerprint density at radius 3 is 2.33 bits per heavy atom. The molecule has 0 fully saturated rings. The van der Waals surface area contributed by atoms with Gasteiger partial charge in [0.1, 0.15) is 5.75 Å². The van der Waals surface area contributed by atoms with Crippen molar-refractivity contribution < 1.29 is 14.6 Å². The monoisotopic (exact) mass is 444 g/mol. The maximum absolute atomic E-state index is 13.4. The van der Waals surface area contributed by atoms with Gasteiger partial charge in [0, 0.05) is 12.6 Å². The van der Waals surface area contributed by atoms with Crippen LogP contribution in [0.1, 0.15) is 28.4 Å². The molecule has 3 aromatic carbocycles. The third-order valence-corrected chi connectivity index (χ3v) is 5.48. The third-order valence-electron chi connectivity index (χ3n) is 5.48. The molecular formula is C26H24N2O5. The van der Waals surface area contributed by atoms with Gasteiger partial charge >= 0.3 is 11.7 Å². The number of phenols is 1. The summed E-state index contributed by atoms with van der Waals surface area (Å²) in [7, 11) is 0. The van der Waals surface area contributed by atoms with E-state index in [2.05, 4.69) is 0 Å². The fourth-order valence-corrected chi connectivity index (χ4v) is 3.78. The second kappa shape index (κ2) is 9.56. The molecule has 168 valence electrons.